The zero-order valence-electron chi connectivity index (χ0n) is 33.5. The molecule has 14 nitrogen and oxygen atoms in total. The molecule has 312 valence electrons. The van der Waals surface area contributed by atoms with E-state index in [2.05, 4.69) is 10.3 Å². The average molecular weight is 849 g/mol. The Kier molecular flexibility index (Phi) is 16.3. The minimum absolute atomic E-state index is 0.111. The van der Waals surface area contributed by atoms with E-state index in [-0.39, 0.29) is 30.2 Å². The van der Waals surface area contributed by atoms with Crippen LogP contribution in [0.2, 0.25) is 5.02 Å². The number of anilines is 1. The first-order valence-corrected chi connectivity index (χ1v) is 21.2. The molecule has 4 bridgehead atoms. The van der Waals surface area contributed by atoms with Crippen molar-refractivity contribution in [1.82, 2.24) is 15.2 Å². The van der Waals surface area contributed by atoms with Gasteiger partial charge in [-0.2, -0.15) is 0 Å². The number of allylic oxidation sites excluding steroid dienone is 3. The SMILES string of the molecule is COc1cc2cc(c1Cl)N(C)C(=O)C[C@H](OC(=O)[C@H](C)N(C)C(=O)CCSSc1ccccn1)C(C)(O)C[C@H](C)[C@@H]1C[C@@](O)(NC(=O)O1)[C@H](OC)/C=C/C=C(\C)C2. The second-order valence-electron chi connectivity index (χ2n) is 14.7. The highest BCUT2D eigenvalue weighted by Gasteiger charge is 2.48. The molecule has 57 heavy (non-hydrogen) atoms. The summed E-state index contributed by atoms with van der Waals surface area (Å²) in [6, 6.07) is 8.01. The summed E-state index contributed by atoms with van der Waals surface area (Å²) >= 11 is 6.75. The van der Waals surface area contributed by atoms with Crippen LogP contribution in [0, 0.1) is 5.92 Å². The van der Waals surface area contributed by atoms with Crippen molar-refractivity contribution in [2.24, 2.45) is 5.92 Å². The molecule has 4 rings (SSSR count). The van der Waals surface area contributed by atoms with Gasteiger partial charge in [-0.1, -0.05) is 59.2 Å². The smallest absolute Gasteiger partial charge is 0.409 e. The maximum Gasteiger partial charge on any atom is 0.409 e. The number of pyridine rings is 1. The molecule has 1 aromatic carbocycles. The van der Waals surface area contributed by atoms with Crippen molar-refractivity contribution in [3.8, 4) is 5.75 Å². The van der Waals surface area contributed by atoms with Crippen LogP contribution in [0.1, 0.15) is 58.9 Å². The number of hydrogen-bond donors (Lipinski definition) is 3. The Labute approximate surface area is 347 Å². The quantitative estimate of drug-likeness (QED) is 0.150. The molecule has 2 aromatic rings. The number of fused-ring (bicyclic) bond motifs is 4. The van der Waals surface area contributed by atoms with E-state index in [9.17, 15) is 29.4 Å². The first-order chi connectivity index (χ1) is 26.9. The average Bonchev–Trinajstić information content (AvgIpc) is 3.16. The molecule has 1 saturated heterocycles. The van der Waals surface area contributed by atoms with Crippen molar-refractivity contribution in [3.63, 3.8) is 0 Å². The number of ether oxygens (including phenoxy) is 4. The molecular formula is C40H53ClN4O10S2. The molecule has 3 heterocycles. The molecule has 0 saturated carbocycles. The number of likely N-dealkylation sites (N-methyl/N-ethyl adjacent to an activating group) is 1. The number of aliphatic hydroxyl groups is 2. The van der Waals surface area contributed by atoms with Crippen molar-refractivity contribution in [2.45, 2.75) is 101 Å². The highest BCUT2D eigenvalue weighted by atomic mass is 35.5. The van der Waals surface area contributed by atoms with Crippen LogP contribution in [0.5, 0.6) is 5.75 Å². The van der Waals surface area contributed by atoms with Crippen LogP contribution >= 0.6 is 33.2 Å². The van der Waals surface area contributed by atoms with E-state index in [1.165, 1.54) is 73.6 Å². The number of hydrogen-bond acceptors (Lipinski definition) is 13. The van der Waals surface area contributed by atoms with E-state index >= 15 is 0 Å². The molecule has 3 N–H and O–H groups in total. The van der Waals surface area contributed by atoms with Gasteiger partial charge in [-0.05, 0) is 80.2 Å². The predicted molar refractivity (Wildman–Crippen MR) is 220 cm³/mol. The van der Waals surface area contributed by atoms with Crippen molar-refractivity contribution in [1.29, 1.82) is 0 Å². The van der Waals surface area contributed by atoms with Gasteiger partial charge in [0.15, 0.2) is 5.72 Å². The normalized spacial score (nSPS) is 27.9. The molecule has 0 spiro atoms. The second-order valence-corrected chi connectivity index (χ2v) is 17.5. The summed E-state index contributed by atoms with van der Waals surface area (Å²) in [5.74, 6) is -1.51. The van der Waals surface area contributed by atoms with E-state index in [0.717, 1.165) is 16.2 Å². The summed E-state index contributed by atoms with van der Waals surface area (Å²) in [5.41, 5.74) is -1.76. The first kappa shape index (κ1) is 45.9. The van der Waals surface area contributed by atoms with Gasteiger partial charge >= 0.3 is 12.1 Å². The molecule has 7 atom stereocenters. The van der Waals surface area contributed by atoms with Crippen molar-refractivity contribution >= 4 is 62.8 Å². The van der Waals surface area contributed by atoms with Gasteiger partial charge in [0.05, 0.1) is 24.8 Å². The number of nitrogens with zero attached hydrogens (tertiary/aromatic N) is 3. The minimum atomic E-state index is -1.89. The molecule has 0 aliphatic carbocycles. The predicted octanol–water partition coefficient (Wildman–Crippen LogP) is 5.72. The lowest BCUT2D eigenvalue weighted by Gasteiger charge is -2.43. The molecular weight excluding hydrogens is 796 g/mol. The number of rotatable bonds is 10. The largest absolute Gasteiger partial charge is 0.495 e. The number of carbonyl (C=O) groups excluding carboxylic acids is 4. The van der Waals surface area contributed by atoms with Gasteiger partial charge in [0, 0.05) is 46.0 Å². The Morgan fingerprint density at radius 3 is 2.61 bits per heavy atom. The van der Waals surface area contributed by atoms with E-state index in [0.29, 0.717) is 23.6 Å². The molecule has 0 radical (unpaired) electrons. The Balaban J connectivity index is 1.65. The highest BCUT2D eigenvalue weighted by Crippen LogP contribution is 2.38. The number of aromatic nitrogens is 1. The summed E-state index contributed by atoms with van der Waals surface area (Å²) in [6.07, 6.45) is 2.49. The third kappa shape index (κ3) is 12.1. The molecule has 3 amide bonds. The molecule has 17 heteroatoms. The van der Waals surface area contributed by atoms with Crippen LogP contribution in [0.3, 0.4) is 0 Å². The van der Waals surface area contributed by atoms with Gasteiger partial charge < -0.3 is 39.0 Å². The van der Waals surface area contributed by atoms with Gasteiger partial charge in [0.1, 0.15) is 40.2 Å². The topological polar surface area (TPSA) is 177 Å². The van der Waals surface area contributed by atoms with Crippen molar-refractivity contribution < 1.29 is 48.3 Å². The molecule has 1 unspecified atom stereocenters. The van der Waals surface area contributed by atoms with Crippen LogP contribution in [0.4, 0.5) is 10.5 Å². The van der Waals surface area contributed by atoms with Crippen molar-refractivity contribution in [3.05, 3.63) is 70.9 Å². The van der Waals surface area contributed by atoms with Crippen LogP contribution in [-0.4, -0.2) is 114 Å². The lowest BCUT2D eigenvalue weighted by molar-refractivity contribution is -0.176. The maximum atomic E-state index is 14.1. The van der Waals surface area contributed by atoms with E-state index < -0.39 is 66.0 Å². The van der Waals surface area contributed by atoms with E-state index in [4.69, 9.17) is 30.5 Å². The summed E-state index contributed by atoms with van der Waals surface area (Å²) < 4.78 is 22.7. The lowest BCUT2D eigenvalue weighted by Crippen LogP contribution is -2.63. The standard InChI is InChI=1S/C40H53ClN4O10S2/c1-24-12-11-13-31(53-8)40(51)23-30(54-38(49)43-40)25(2)22-39(4,50)32(21-35(47)45(6)28-19-27(18-24)20-29(52-7)36(28)41)55-37(48)26(3)44(5)34(46)15-17-56-57-33-14-9-10-16-42-33/h9-14,16,19-20,25-26,30-32,50-51H,15,17-18,21-23H2,1-8H3,(H,43,49)/b13-11+,24-12+/t25-,26-,30-,31+,32-,39?,40-/m0/s1. The Morgan fingerprint density at radius 2 is 1.95 bits per heavy atom. The van der Waals surface area contributed by atoms with Crippen LogP contribution in [-0.2, 0) is 35.0 Å². The van der Waals surface area contributed by atoms with E-state index in [1.54, 1.807) is 37.4 Å². The van der Waals surface area contributed by atoms with Gasteiger partial charge in [-0.25, -0.2) is 14.6 Å². The molecule has 2 aliphatic rings. The van der Waals surface area contributed by atoms with Gasteiger partial charge in [0.25, 0.3) is 0 Å². The fourth-order valence-corrected chi connectivity index (χ4v) is 8.84. The van der Waals surface area contributed by atoms with Crippen LogP contribution < -0.4 is 15.0 Å². The number of methoxy groups -OCH3 is 2. The number of benzene rings is 1. The number of alkyl carbamates (subject to hydrolysis) is 1. The van der Waals surface area contributed by atoms with Crippen molar-refractivity contribution in [2.75, 3.05) is 39.0 Å². The van der Waals surface area contributed by atoms with Crippen LogP contribution in [0.15, 0.2) is 65.4 Å². The number of halogens is 1. The first-order valence-electron chi connectivity index (χ1n) is 18.5. The second kappa shape index (κ2) is 20.3. The fourth-order valence-electron chi connectivity index (χ4n) is 6.66. The maximum absolute atomic E-state index is 14.1. The van der Waals surface area contributed by atoms with Gasteiger partial charge in [0.2, 0.25) is 11.8 Å². The summed E-state index contributed by atoms with van der Waals surface area (Å²) in [4.78, 5) is 60.7. The van der Waals surface area contributed by atoms with Gasteiger partial charge in [-0.15, -0.1) is 0 Å². The summed E-state index contributed by atoms with van der Waals surface area (Å²) in [7, 11) is 8.79. The third-order valence-electron chi connectivity index (χ3n) is 10.2. The highest BCUT2D eigenvalue weighted by molar-refractivity contribution is 8.76. The number of esters is 1. The number of nitrogens with one attached hydrogen (secondary N) is 1. The zero-order chi connectivity index (χ0) is 42.1. The molecule has 2 aliphatic heterocycles. The number of amides is 3. The Morgan fingerprint density at radius 1 is 1.21 bits per heavy atom. The van der Waals surface area contributed by atoms with E-state index in [1.807, 2.05) is 31.2 Å². The van der Waals surface area contributed by atoms with Gasteiger partial charge in [-0.3, -0.25) is 14.9 Å². The lowest BCUT2D eigenvalue weighted by atomic mass is 9.81. The Bertz CT molecular complexity index is 1820. The Hall–Kier alpha value is -3.80. The number of carbonyl (C=O) groups is 4. The minimum Gasteiger partial charge on any atom is -0.495 e. The summed E-state index contributed by atoms with van der Waals surface area (Å²) in [6.45, 7) is 6.55. The van der Waals surface area contributed by atoms with Crippen LogP contribution in [0.25, 0.3) is 0 Å². The zero-order valence-corrected chi connectivity index (χ0v) is 35.9. The molecule has 1 fully saturated rings. The molecule has 1 aromatic heterocycles. The summed E-state index contributed by atoms with van der Waals surface area (Å²) in [5, 5.41) is 27.3. The third-order valence-corrected chi connectivity index (χ3v) is 12.8. The monoisotopic (exact) mass is 848 g/mol. The fraction of sp³-hybridized carbons (Fsp3) is 0.525.